The molecule has 0 aliphatic heterocycles. The summed E-state index contributed by atoms with van der Waals surface area (Å²) in [6.45, 7) is 0. The summed E-state index contributed by atoms with van der Waals surface area (Å²) < 4.78 is 0. The lowest BCUT2D eigenvalue weighted by molar-refractivity contribution is -0.113. The van der Waals surface area contributed by atoms with Gasteiger partial charge in [0.2, 0.25) is 5.91 Å². The molecular formula is C18H15N3O2S2. The van der Waals surface area contributed by atoms with E-state index in [-0.39, 0.29) is 17.6 Å². The van der Waals surface area contributed by atoms with Crippen molar-refractivity contribution < 1.29 is 9.59 Å². The van der Waals surface area contributed by atoms with E-state index in [1.165, 1.54) is 23.1 Å². The molecule has 0 aliphatic rings. The van der Waals surface area contributed by atoms with E-state index in [9.17, 15) is 9.59 Å². The third-order valence-corrected chi connectivity index (χ3v) is 4.97. The lowest BCUT2D eigenvalue weighted by Gasteiger charge is -2.07. The van der Waals surface area contributed by atoms with Gasteiger partial charge in [-0.05, 0) is 47.8 Å². The van der Waals surface area contributed by atoms with Gasteiger partial charge in [0.15, 0.2) is 0 Å². The van der Waals surface area contributed by atoms with Crippen LogP contribution in [0.2, 0.25) is 0 Å². The molecular weight excluding hydrogens is 354 g/mol. The third kappa shape index (κ3) is 5.17. The van der Waals surface area contributed by atoms with Gasteiger partial charge in [-0.15, -0.1) is 11.3 Å². The number of nitrogens with one attached hydrogen (secondary N) is 2. The van der Waals surface area contributed by atoms with Crippen LogP contribution < -0.4 is 10.6 Å². The molecule has 25 heavy (non-hydrogen) atoms. The number of carbonyl (C=O) groups is 2. The summed E-state index contributed by atoms with van der Waals surface area (Å²) in [6.07, 6.45) is 1.70. The maximum absolute atomic E-state index is 12.0. The molecule has 2 aromatic heterocycles. The van der Waals surface area contributed by atoms with Crippen LogP contribution in [0.1, 0.15) is 9.67 Å². The highest BCUT2D eigenvalue weighted by molar-refractivity contribution is 7.99. The lowest BCUT2D eigenvalue weighted by Crippen LogP contribution is -2.14. The van der Waals surface area contributed by atoms with Gasteiger partial charge in [0.1, 0.15) is 0 Å². The molecule has 2 N–H and O–H groups in total. The number of pyridine rings is 1. The Labute approximate surface area is 153 Å². The number of thioether (sulfide) groups is 1. The second-order valence-electron chi connectivity index (χ2n) is 5.01. The van der Waals surface area contributed by atoms with Crippen molar-refractivity contribution in [1.29, 1.82) is 0 Å². The van der Waals surface area contributed by atoms with E-state index in [4.69, 9.17) is 0 Å². The third-order valence-electron chi connectivity index (χ3n) is 3.16. The van der Waals surface area contributed by atoms with E-state index in [0.29, 0.717) is 16.3 Å². The van der Waals surface area contributed by atoms with Gasteiger partial charge < -0.3 is 10.6 Å². The molecule has 0 saturated heterocycles. The number of carbonyl (C=O) groups excluding carboxylic acids is 2. The van der Waals surface area contributed by atoms with E-state index in [1.54, 1.807) is 36.5 Å². The van der Waals surface area contributed by atoms with E-state index < -0.39 is 0 Å². The van der Waals surface area contributed by atoms with Crippen molar-refractivity contribution in [1.82, 2.24) is 4.98 Å². The smallest absolute Gasteiger partial charge is 0.265 e. The molecule has 7 heteroatoms. The van der Waals surface area contributed by atoms with Gasteiger partial charge in [0, 0.05) is 17.6 Å². The molecule has 0 aliphatic carbocycles. The Bertz CT molecular complexity index is 835. The topological polar surface area (TPSA) is 71.1 Å². The highest BCUT2D eigenvalue weighted by atomic mass is 32.2. The van der Waals surface area contributed by atoms with Crippen LogP contribution in [0, 0.1) is 0 Å². The number of hydrogen-bond acceptors (Lipinski definition) is 5. The zero-order valence-corrected chi connectivity index (χ0v) is 14.8. The number of hydrogen-bond donors (Lipinski definition) is 2. The molecule has 5 nitrogen and oxygen atoms in total. The molecule has 0 spiro atoms. The van der Waals surface area contributed by atoms with Crippen molar-refractivity contribution in [3.8, 4) is 0 Å². The molecule has 1 aromatic carbocycles. The highest BCUT2D eigenvalue weighted by Gasteiger charge is 2.07. The van der Waals surface area contributed by atoms with Crippen LogP contribution in [0.25, 0.3) is 0 Å². The standard InChI is InChI=1S/C18H15N3O2S2/c22-16(12-25-17-5-1-2-10-19-17)20-13-6-8-14(9-7-13)21-18(23)15-4-3-11-24-15/h1-11H,12H2,(H,20,22)(H,21,23). The maximum atomic E-state index is 12.0. The van der Waals surface area contributed by atoms with Crippen molar-refractivity contribution in [3.63, 3.8) is 0 Å². The molecule has 0 fully saturated rings. The van der Waals surface area contributed by atoms with Crippen molar-refractivity contribution in [2.45, 2.75) is 5.03 Å². The molecule has 0 radical (unpaired) electrons. The molecule has 0 unspecified atom stereocenters. The second-order valence-corrected chi connectivity index (χ2v) is 6.96. The summed E-state index contributed by atoms with van der Waals surface area (Å²) in [5.41, 5.74) is 1.36. The fraction of sp³-hybridized carbons (Fsp3) is 0.0556. The average Bonchev–Trinajstić information content (AvgIpc) is 3.17. The Balaban J connectivity index is 1.50. The van der Waals surface area contributed by atoms with Crippen LogP contribution in [-0.2, 0) is 4.79 Å². The Kier molecular flexibility index (Phi) is 5.81. The van der Waals surface area contributed by atoms with E-state index >= 15 is 0 Å². The van der Waals surface area contributed by atoms with Gasteiger partial charge in [0.25, 0.3) is 5.91 Å². The Morgan fingerprint density at radius 1 is 0.960 bits per heavy atom. The van der Waals surface area contributed by atoms with Crippen LogP contribution in [-0.4, -0.2) is 22.6 Å². The van der Waals surface area contributed by atoms with Crippen molar-refractivity contribution >= 4 is 46.3 Å². The molecule has 0 saturated carbocycles. The minimum atomic E-state index is -0.140. The first kappa shape index (κ1) is 17.2. The van der Waals surface area contributed by atoms with Crippen LogP contribution in [0.3, 0.4) is 0 Å². The summed E-state index contributed by atoms with van der Waals surface area (Å²) in [5, 5.41) is 8.31. The average molecular weight is 369 g/mol. The first-order valence-electron chi connectivity index (χ1n) is 7.49. The Hall–Kier alpha value is -2.64. The number of rotatable bonds is 6. The minimum Gasteiger partial charge on any atom is -0.325 e. The summed E-state index contributed by atoms with van der Waals surface area (Å²) in [6, 6.07) is 16.2. The van der Waals surface area contributed by atoms with Gasteiger partial charge in [-0.2, -0.15) is 0 Å². The fourth-order valence-corrected chi connectivity index (χ4v) is 3.29. The van der Waals surface area contributed by atoms with Gasteiger partial charge in [-0.25, -0.2) is 4.98 Å². The number of benzene rings is 1. The maximum Gasteiger partial charge on any atom is 0.265 e. The predicted molar refractivity (Wildman–Crippen MR) is 102 cm³/mol. The normalized spacial score (nSPS) is 10.2. The van der Waals surface area contributed by atoms with Crippen LogP contribution in [0.4, 0.5) is 11.4 Å². The molecule has 0 atom stereocenters. The summed E-state index contributed by atoms with van der Waals surface area (Å²) >= 11 is 2.77. The van der Waals surface area contributed by atoms with Crippen LogP contribution >= 0.6 is 23.1 Å². The fourth-order valence-electron chi connectivity index (χ4n) is 2.01. The molecule has 0 bridgehead atoms. The lowest BCUT2D eigenvalue weighted by atomic mass is 10.2. The Morgan fingerprint density at radius 2 is 1.72 bits per heavy atom. The van der Waals surface area contributed by atoms with Gasteiger partial charge in [-0.3, -0.25) is 9.59 Å². The first-order valence-corrected chi connectivity index (χ1v) is 9.36. The molecule has 2 heterocycles. The summed E-state index contributed by atoms with van der Waals surface area (Å²) in [7, 11) is 0. The largest absolute Gasteiger partial charge is 0.325 e. The predicted octanol–water partition coefficient (Wildman–Crippen LogP) is 4.13. The number of amides is 2. The quantitative estimate of drug-likeness (QED) is 0.641. The zero-order chi connectivity index (χ0) is 17.5. The molecule has 3 rings (SSSR count). The second kappa shape index (κ2) is 8.46. The van der Waals surface area contributed by atoms with E-state index in [0.717, 1.165) is 5.03 Å². The van der Waals surface area contributed by atoms with Crippen LogP contribution in [0.15, 0.2) is 71.2 Å². The number of nitrogens with zero attached hydrogens (tertiary/aromatic N) is 1. The van der Waals surface area contributed by atoms with E-state index in [2.05, 4.69) is 15.6 Å². The van der Waals surface area contributed by atoms with Crippen LogP contribution in [0.5, 0.6) is 0 Å². The number of anilines is 2. The molecule has 2 amide bonds. The number of thiophene rings is 1. The summed E-state index contributed by atoms with van der Waals surface area (Å²) in [4.78, 5) is 28.8. The molecule has 126 valence electrons. The SMILES string of the molecule is O=C(CSc1ccccn1)Nc1ccc(NC(=O)c2cccs2)cc1. The minimum absolute atomic E-state index is 0.106. The summed E-state index contributed by atoms with van der Waals surface area (Å²) in [5.74, 6) is 0.0398. The number of aromatic nitrogens is 1. The highest BCUT2D eigenvalue weighted by Crippen LogP contribution is 2.18. The van der Waals surface area contributed by atoms with Crippen molar-refractivity contribution in [2.75, 3.05) is 16.4 Å². The first-order chi connectivity index (χ1) is 12.2. The zero-order valence-electron chi connectivity index (χ0n) is 13.1. The van der Waals surface area contributed by atoms with Gasteiger partial charge >= 0.3 is 0 Å². The van der Waals surface area contributed by atoms with E-state index in [1.807, 2.05) is 29.6 Å². The van der Waals surface area contributed by atoms with Crippen molar-refractivity contribution in [2.24, 2.45) is 0 Å². The molecule has 3 aromatic rings. The van der Waals surface area contributed by atoms with Gasteiger partial charge in [0.05, 0.1) is 15.7 Å². The Morgan fingerprint density at radius 3 is 2.36 bits per heavy atom. The monoisotopic (exact) mass is 369 g/mol. The van der Waals surface area contributed by atoms with Crippen molar-refractivity contribution in [3.05, 3.63) is 71.1 Å². The van der Waals surface area contributed by atoms with Gasteiger partial charge in [-0.1, -0.05) is 23.9 Å².